The van der Waals surface area contributed by atoms with E-state index >= 15 is 0 Å². The molecular formula is C26H28N6O3. The average molecular weight is 473 g/mol. The lowest BCUT2D eigenvalue weighted by Gasteiger charge is -2.33. The molecule has 180 valence electrons. The number of nitrogens with one attached hydrogen (secondary N) is 1. The average Bonchev–Trinajstić information content (AvgIpc) is 3.72. The number of piperidine rings is 1. The van der Waals surface area contributed by atoms with E-state index in [1.165, 1.54) is 43.5 Å². The Morgan fingerprint density at radius 1 is 1.11 bits per heavy atom. The molecule has 2 aromatic heterocycles. The van der Waals surface area contributed by atoms with Crippen LogP contribution in [0.2, 0.25) is 0 Å². The van der Waals surface area contributed by atoms with E-state index in [0.717, 1.165) is 12.0 Å². The second-order valence-corrected chi connectivity index (χ2v) is 8.94. The second-order valence-electron chi connectivity index (χ2n) is 8.94. The van der Waals surface area contributed by atoms with E-state index in [4.69, 9.17) is 9.47 Å². The third kappa shape index (κ3) is 5.74. The molecule has 3 heterocycles. The molecule has 1 N–H and O–H groups in total. The second kappa shape index (κ2) is 10.1. The van der Waals surface area contributed by atoms with E-state index in [-0.39, 0.29) is 11.9 Å². The molecule has 1 unspecified atom stereocenters. The Labute approximate surface area is 204 Å². The quantitative estimate of drug-likeness (QED) is 0.544. The number of anilines is 1. The number of urea groups is 1. The summed E-state index contributed by atoms with van der Waals surface area (Å²) in [5.41, 5.74) is 3.52. The Kier molecular flexibility index (Phi) is 6.56. The first-order valence-electron chi connectivity index (χ1n) is 11.8. The molecule has 9 nitrogen and oxygen atoms in total. The van der Waals surface area contributed by atoms with Crippen LogP contribution in [-0.2, 0) is 0 Å². The van der Waals surface area contributed by atoms with Gasteiger partial charge < -0.3 is 14.4 Å². The lowest BCUT2D eigenvalue weighted by molar-refractivity contribution is 0.197. The van der Waals surface area contributed by atoms with Crippen LogP contribution in [0.3, 0.4) is 0 Å². The number of likely N-dealkylation sites (tertiary alicyclic amines) is 1. The Morgan fingerprint density at radius 2 is 1.94 bits per heavy atom. The monoisotopic (exact) mass is 472 g/mol. The zero-order valence-corrected chi connectivity index (χ0v) is 19.8. The number of rotatable bonds is 6. The minimum Gasteiger partial charge on any atom is -0.480 e. The number of hydrogen-bond donors (Lipinski definition) is 1. The molecule has 1 saturated carbocycles. The van der Waals surface area contributed by atoms with Crippen LogP contribution in [0.4, 0.5) is 10.6 Å². The Balaban J connectivity index is 1.19. The molecule has 1 aromatic carbocycles. The predicted octanol–water partition coefficient (Wildman–Crippen LogP) is 4.90. The molecule has 2 amide bonds. The van der Waals surface area contributed by atoms with Crippen molar-refractivity contribution in [2.45, 2.75) is 32.1 Å². The third-order valence-electron chi connectivity index (χ3n) is 6.27. The zero-order chi connectivity index (χ0) is 24.2. The number of aromatic nitrogens is 4. The number of carbonyl (C=O) groups is 1. The van der Waals surface area contributed by atoms with Crippen molar-refractivity contribution >= 4 is 17.9 Å². The number of nitrogens with zero attached hydrogens (tertiary/aromatic N) is 5. The van der Waals surface area contributed by atoms with Crippen LogP contribution in [0.5, 0.6) is 17.6 Å². The Hall–Kier alpha value is -4.01. The molecule has 35 heavy (non-hydrogen) atoms. The van der Waals surface area contributed by atoms with Crippen LogP contribution in [0, 0.1) is 5.92 Å². The summed E-state index contributed by atoms with van der Waals surface area (Å²) >= 11 is 0. The van der Waals surface area contributed by atoms with Crippen LogP contribution in [0.1, 0.15) is 43.2 Å². The van der Waals surface area contributed by atoms with Crippen molar-refractivity contribution < 1.29 is 14.3 Å². The van der Waals surface area contributed by atoms with Gasteiger partial charge >= 0.3 is 12.0 Å². The molecule has 5 rings (SSSR count). The minimum atomic E-state index is -0.182. The highest BCUT2D eigenvalue weighted by Crippen LogP contribution is 2.39. The minimum absolute atomic E-state index is 0.182. The molecular weight excluding hydrogens is 444 g/mol. The summed E-state index contributed by atoms with van der Waals surface area (Å²) in [7, 11) is 1.52. The number of amides is 2. The van der Waals surface area contributed by atoms with E-state index in [2.05, 4.69) is 38.3 Å². The fourth-order valence-corrected chi connectivity index (χ4v) is 4.12. The van der Waals surface area contributed by atoms with Crippen molar-refractivity contribution in [3.05, 3.63) is 65.8 Å². The fourth-order valence-electron chi connectivity index (χ4n) is 4.12. The molecule has 9 heteroatoms. The molecule has 1 aliphatic carbocycles. The first-order valence-corrected chi connectivity index (χ1v) is 11.8. The van der Waals surface area contributed by atoms with Gasteiger partial charge in [0.05, 0.1) is 19.5 Å². The number of hydrogen-bond acceptors (Lipinski definition) is 7. The van der Waals surface area contributed by atoms with Gasteiger partial charge in [0.2, 0.25) is 5.88 Å². The van der Waals surface area contributed by atoms with Gasteiger partial charge in [0, 0.05) is 25.5 Å². The molecule has 1 atom stereocenters. The van der Waals surface area contributed by atoms with Crippen molar-refractivity contribution in [1.82, 2.24) is 24.8 Å². The van der Waals surface area contributed by atoms with Gasteiger partial charge in [0.25, 0.3) is 0 Å². The number of methoxy groups -OCH3 is 1. The van der Waals surface area contributed by atoms with Crippen molar-refractivity contribution in [3.8, 4) is 17.6 Å². The topological polar surface area (TPSA) is 102 Å². The maximum Gasteiger partial charge on any atom is 0.323 e. The SMILES string of the molecule is COc1cnc(NC(=O)N2CCC(=Cc3cccc(Oc4ncc(C5CC5)cn4)c3)C(C)C2)cn1. The highest BCUT2D eigenvalue weighted by Gasteiger charge is 2.25. The maximum atomic E-state index is 12.7. The van der Waals surface area contributed by atoms with Crippen molar-refractivity contribution in [3.63, 3.8) is 0 Å². The van der Waals surface area contributed by atoms with Gasteiger partial charge in [-0.15, -0.1) is 0 Å². The highest BCUT2D eigenvalue weighted by atomic mass is 16.5. The van der Waals surface area contributed by atoms with Crippen molar-refractivity contribution in [1.29, 1.82) is 0 Å². The first-order chi connectivity index (χ1) is 17.1. The molecule has 1 saturated heterocycles. The van der Waals surface area contributed by atoms with Crippen LogP contribution < -0.4 is 14.8 Å². The van der Waals surface area contributed by atoms with Crippen LogP contribution >= 0.6 is 0 Å². The van der Waals surface area contributed by atoms with E-state index in [1.54, 1.807) is 4.90 Å². The van der Waals surface area contributed by atoms with E-state index in [9.17, 15) is 4.79 Å². The van der Waals surface area contributed by atoms with Crippen LogP contribution in [0.15, 0.2) is 54.6 Å². The highest BCUT2D eigenvalue weighted by molar-refractivity contribution is 5.88. The van der Waals surface area contributed by atoms with Gasteiger partial charge in [0.15, 0.2) is 5.82 Å². The molecule has 0 radical (unpaired) electrons. The van der Waals surface area contributed by atoms with E-state index < -0.39 is 0 Å². The number of ether oxygens (including phenoxy) is 2. The van der Waals surface area contributed by atoms with Crippen LogP contribution in [-0.4, -0.2) is 51.1 Å². The summed E-state index contributed by atoms with van der Waals surface area (Å²) in [5.74, 6) is 2.34. The molecule has 2 fully saturated rings. The lowest BCUT2D eigenvalue weighted by atomic mass is 9.91. The van der Waals surface area contributed by atoms with Crippen molar-refractivity contribution in [2.75, 3.05) is 25.5 Å². The van der Waals surface area contributed by atoms with Gasteiger partial charge in [-0.05, 0) is 54.4 Å². The number of carbonyl (C=O) groups excluding carboxylic acids is 1. The van der Waals surface area contributed by atoms with E-state index in [1.807, 2.05) is 36.7 Å². The summed E-state index contributed by atoms with van der Waals surface area (Å²) in [5, 5.41) is 2.80. The molecule has 0 spiro atoms. The van der Waals surface area contributed by atoms with Gasteiger partial charge in [-0.25, -0.2) is 24.7 Å². The normalized spacial score (nSPS) is 18.9. The Morgan fingerprint density at radius 3 is 2.63 bits per heavy atom. The van der Waals surface area contributed by atoms with Crippen LogP contribution in [0.25, 0.3) is 6.08 Å². The smallest absolute Gasteiger partial charge is 0.323 e. The number of benzene rings is 1. The third-order valence-corrected chi connectivity index (χ3v) is 6.27. The van der Waals surface area contributed by atoms with Crippen molar-refractivity contribution in [2.24, 2.45) is 5.92 Å². The van der Waals surface area contributed by atoms with Gasteiger partial charge in [-0.3, -0.25) is 5.32 Å². The summed E-state index contributed by atoms with van der Waals surface area (Å²) in [4.78, 5) is 31.4. The first kappa shape index (κ1) is 22.8. The summed E-state index contributed by atoms with van der Waals surface area (Å²) in [6.45, 7) is 3.38. The van der Waals surface area contributed by atoms with E-state index in [0.29, 0.717) is 42.5 Å². The zero-order valence-electron chi connectivity index (χ0n) is 19.8. The standard InChI is InChI=1S/C26H28N6O3/c1-17-16-32(26(33)31-23-14-28-24(34-2)15-27-23)9-8-20(17)10-18-4-3-5-22(11-18)35-25-29-12-21(13-30-25)19-6-7-19/h3-5,10-15,17,19H,6-9,16H2,1-2H3,(H,27,31,33). The van der Waals surface area contributed by atoms with Gasteiger partial charge in [-0.2, -0.15) is 0 Å². The Bertz CT molecular complexity index is 1210. The molecule has 1 aliphatic heterocycles. The van der Waals surface area contributed by atoms with Gasteiger partial charge in [-0.1, -0.05) is 30.7 Å². The fraction of sp³-hybridized carbons (Fsp3) is 0.346. The maximum absolute atomic E-state index is 12.7. The summed E-state index contributed by atoms with van der Waals surface area (Å²) < 4.78 is 10.9. The summed E-state index contributed by atoms with van der Waals surface area (Å²) in [6.07, 6.45) is 12.1. The molecule has 3 aromatic rings. The summed E-state index contributed by atoms with van der Waals surface area (Å²) in [6, 6.07) is 8.07. The van der Waals surface area contributed by atoms with Gasteiger partial charge in [0.1, 0.15) is 5.75 Å². The predicted molar refractivity (Wildman–Crippen MR) is 131 cm³/mol. The molecule has 0 bridgehead atoms. The molecule has 2 aliphatic rings. The largest absolute Gasteiger partial charge is 0.480 e. The lowest BCUT2D eigenvalue weighted by Crippen LogP contribution is -2.42.